The van der Waals surface area contributed by atoms with E-state index in [1.807, 2.05) is 35.8 Å². The van der Waals surface area contributed by atoms with Gasteiger partial charge in [0.2, 0.25) is 0 Å². The van der Waals surface area contributed by atoms with Gasteiger partial charge in [-0.3, -0.25) is 14.3 Å². The number of benzene rings is 1. The maximum Gasteiger partial charge on any atom is 0.267 e. The van der Waals surface area contributed by atoms with Crippen LogP contribution in [0.25, 0.3) is 15.9 Å². The Labute approximate surface area is 205 Å². The predicted molar refractivity (Wildman–Crippen MR) is 141 cm³/mol. The summed E-state index contributed by atoms with van der Waals surface area (Å²) in [5.41, 5.74) is 2.13. The van der Waals surface area contributed by atoms with Crippen molar-refractivity contribution in [2.24, 2.45) is 0 Å². The topological polar surface area (TPSA) is 47.4 Å². The van der Waals surface area contributed by atoms with Crippen molar-refractivity contribution in [3.63, 3.8) is 0 Å². The average molecular weight is 486 g/mol. The highest BCUT2D eigenvalue weighted by Crippen LogP contribution is 2.35. The van der Waals surface area contributed by atoms with E-state index in [1.54, 1.807) is 23.1 Å². The minimum atomic E-state index is 0.0655. The Morgan fingerprint density at radius 1 is 1.15 bits per heavy atom. The first-order chi connectivity index (χ1) is 16.0. The average Bonchev–Trinajstić information content (AvgIpc) is 3.18. The Morgan fingerprint density at radius 3 is 2.64 bits per heavy atom. The van der Waals surface area contributed by atoms with Crippen LogP contribution in [0.4, 0.5) is 0 Å². The lowest BCUT2D eigenvalue weighted by molar-refractivity contribution is 0.206. The fraction of sp³-hybridized carbons (Fsp3) is 0.538. The first-order valence-corrected chi connectivity index (χ1v) is 14.0. The van der Waals surface area contributed by atoms with E-state index in [9.17, 15) is 4.79 Å². The van der Waals surface area contributed by atoms with Crippen molar-refractivity contribution in [2.75, 3.05) is 18.9 Å². The van der Waals surface area contributed by atoms with Gasteiger partial charge in [-0.2, -0.15) is 0 Å². The summed E-state index contributed by atoms with van der Waals surface area (Å²) < 4.78 is 7.43. The Hall–Kier alpha value is -1.83. The van der Waals surface area contributed by atoms with Crippen LogP contribution >= 0.6 is 23.1 Å². The molecular weight excluding hydrogens is 450 g/mol. The molecule has 2 aromatic heterocycles. The van der Waals surface area contributed by atoms with Crippen molar-refractivity contribution in [1.82, 2.24) is 14.5 Å². The Bertz CT molecular complexity index is 1140. The van der Waals surface area contributed by atoms with Gasteiger partial charge in [-0.1, -0.05) is 37.9 Å². The second kappa shape index (κ2) is 11.1. The Morgan fingerprint density at radius 2 is 1.94 bits per heavy atom. The van der Waals surface area contributed by atoms with Crippen LogP contribution in [0.1, 0.15) is 63.8 Å². The fourth-order valence-corrected chi connectivity index (χ4v) is 6.66. The second-order valence-electron chi connectivity index (χ2n) is 8.87. The number of nitrogens with zero attached hydrogens (tertiary/aromatic N) is 3. The van der Waals surface area contributed by atoms with Crippen LogP contribution in [0.2, 0.25) is 0 Å². The van der Waals surface area contributed by atoms with E-state index >= 15 is 0 Å². The molecule has 7 heteroatoms. The molecule has 1 aromatic carbocycles. The van der Waals surface area contributed by atoms with Crippen molar-refractivity contribution in [1.29, 1.82) is 0 Å². The quantitative estimate of drug-likeness (QED) is 0.192. The van der Waals surface area contributed by atoms with Gasteiger partial charge in [0.1, 0.15) is 10.6 Å². The molecule has 0 radical (unpaired) electrons. The second-order valence-corrected chi connectivity index (χ2v) is 11.0. The van der Waals surface area contributed by atoms with E-state index < -0.39 is 0 Å². The molecule has 0 spiro atoms. The lowest BCUT2D eigenvalue weighted by Gasteiger charge is -2.30. The molecule has 0 aliphatic carbocycles. The first kappa shape index (κ1) is 24.3. The Balaban J connectivity index is 1.76. The molecule has 0 fully saturated rings. The fourth-order valence-electron chi connectivity index (χ4n) is 4.36. The summed E-state index contributed by atoms with van der Waals surface area (Å²) in [5, 5.41) is 1.62. The minimum Gasteiger partial charge on any atom is -0.494 e. The molecule has 0 amide bonds. The number of aromatic nitrogens is 2. The smallest absolute Gasteiger partial charge is 0.267 e. The highest BCUT2D eigenvalue weighted by atomic mass is 32.2. The molecule has 0 unspecified atom stereocenters. The number of thioether (sulfide) groups is 1. The molecule has 178 valence electrons. The molecule has 1 aliphatic heterocycles. The van der Waals surface area contributed by atoms with E-state index in [0.29, 0.717) is 12.6 Å². The lowest BCUT2D eigenvalue weighted by Crippen LogP contribution is -2.35. The van der Waals surface area contributed by atoms with Gasteiger partial charge in [0.15, 0.2) is 5.16 Å². The van der Waals surface area contributed by atoms with Gasteiger partial charge in [0, 0.05) is 29.8 Å². The highest BCUT2D eigenvalue weighted by Gasteiger charge is 2.26. The molecule has 0 atom stereocenters. The molecule has 0 saturated heterocycles. The van der Waals surface area contributed by atoms with E-state index in [4.69, 9.17) is 9.72 Å². The van der Waals surface area contributed by atoms with Crippen molar-refractivity contribution in [3.05, 3.63) is 45.1 Å². The number of ether oxygens (including phenoxy) is 1. The molecule has 5 nitrogen and oxygen atoms in total. The zero-order valence-electron chi connectivity index (χ0n) is 20.2. The van der Waals surface area contributed by atoms with Crippen molar-refractivity contribution < 1.29 is 4.74 Å². The molecule has 0 bridgehead atoms. The first-order valence-electron chi connectivity index (χ1n) is 12.2. The molecule has 33 heavy (non-hydrogen) atoms. The van der Waals surface area contributed by atoms with Crippen LogP contribution in [0.5, 0.6) is 5.75 Å². The Kier molecular flexibility index (Phi) is 8.15. The highest BCUT2D eigenvalue weighted by molar-refractivity contribution is 7.99. The van der Waals surface area contributed by atoms with E-state index in [2.05, 4.69) is 25.7 Å². The van der Waals surface area contributed by atoms with Crippen molar-refractivity contribution >= 4 is 33.3 Å². The number of thiophene rings is 1. The molecule has 3 heterocycles. The van der Waals surface area contributed by atoms with Gasteiger partial charge in [0.05, 0.1) is 17.7 Å². The largest absolute Gasteiger partial charge is 0.494 e. The zero-order valence-corrected chi connectivity index (χ0v) is 21.9. The van der Waals surface area contributed by atoms with Crippen molar-refractivity contribution in [3.8, 4) is 11.4 Å². The predicted octanol–water partition coefficient (Wildman–Crippen LogP) is 6.28. The molecule has 1 aliphatic rings. The van der Waals surface area contributed by atoms with Crippen molar-refractivity contribution in [2.45, 2.75) is 77.5 Å². The number of rotatable bonds is 10. The van der Waals surface area contributed by atoms with Gasteiger partial charge in [-0.25, -0.2) is 4.98 Å². The summed E-state index contributed by atoms with van der Waals surface area (Å²) in [7, 11) is 0. The summed E-state index contributed by atoms with van der Waals surface area (Å²) >= 11 is 3.41. The van der Waals surface area contributed by atoms with Gasteiger partial charge < -0.3 is 4.74 Å². The summed E-state index contributed by atoms with van der Waals surface area (Å²) in [5.74, 6) is 1.79. The summed E-state index contributed by atoms with van der Waals surface area (Å²) in [6.07, 6.45) is 5.75. The van der Waals surface area contributed by atoms with E-state index in [1.165, 1.54) is 29.7 Å². The summed E-state index contributed by atoms with van der Waals surface area (Å²) in [4.78, 5) is 23.7. The standard InChI is InChI=1S/C26H35N3O2S2/c1-5-7-8-9-16-32-26-27-24-23(21-14-15-28(18(3)4)17-22(21)33-24)25(30)29(26)19-10-12-20(13-11-19)31-6-2/h10-13,18H,5-9,14-17H2,1-4H3. The number of hydrogen-bond donors (Lipinski definition) is 0. The molecular formula is C26H35N3O2S2. The third-order valence-electron chi connectivity index (χ3n) is 6.24. The maximum atomic E-state index is 13.9. The van der Waals surface area contributed by atoms with Gasteiger partial charge >= 0.3 is 0 Å². The third-order valence-corrected chi connectivity index (χ3v) is 8.37. The monoisotopic (exact) mass is 485 g/mol. The van der Waals surface area contributed by atoms with Crippen LogP contribution < -0.4 is 10.3 Å². The normalized spacial score (nSPS) is 14.2. The molecule has 3 aromatic rings. The third kappa shape index (κ3) is 5.31. The van der Waals surface area contributed by atoms with Gasteiger partial charge in [-0.15, -0.1) is 11.3 Å². The number of fused-ring (bicyclic) bond motifs is 3. The molecule has 0 saturated carbocycles. The van der Waals surface area contributed by atoms with Crippen LogP contribution in [0.3, 0.4) is 0 Å². The van der Waals surface area contributed by atoms with E-state index in [0.717, 1.165) is 58.5 Å². The lowest BCUT2D eigenvalue weighted by atomic mass is 10.0. The van der Waals surface area contributed by atoms with E-state index in [-0.39, 0.29) is 5.56 Å². The van der Waals surface area contributed by atoms with Gasteiger partial charge in [-0.05, 0) is 63.4 Å². The molecule has 0 N–H and O–H groups in total. The summed E-state index contributed by atoms with van der Waals surface area (Å²) in [6.45, 7) is 11.2. The van der Waals surface area contributed by atoms with Crippen LogP contribution in [-0.2, 0) is 13.0 Å². The summed E-state index contributed by atoms with van der Waals surface area (Å²) in [6, 6.07) is 8.33. The van der Waals surface area contributed by atoms with Gasteiger partial charge in [0.25, 0.3) is 5.56 Å². The zero-order chi connectivity index (χ0) is 23.4. The SMILES string of the molecule is CCCCCCSc1nc2sc3c(c2c(=O)n1-c1ccc(OCC)cc1)CCN(C(C)C)C3. The number of unbranched alkanes of at least 4 members (excludes halogenated alkanes) is 3. The number of hydrogen-bond acceptors (Lipinski definition) is 6. The van der Waals surface area contributed by atoms with Crippen LogP contribution in [-0.4, -0.2) is 39.4 Å². The van der Waals surface area contributed by atoms with Crippen LogP contribution in [0.15, 0.2) is 34.2 Å². The maximum absolute atomic E-state index is 13.9. The molecule has 4 rings (SSSR count). The van der Waals surface area contributed by atoms with Crippen LogP contribution in [0, 0.1) is 0 Å². The minimum absolute atomic E-state index is 0.0655.